The highest BCUT2D eigenvalue weighted by Crippen LogP contribution is 2.22. The molecule has 2 amide bonds. The molecule has 4 heteroatoms. The Labute approximate surface area is 123 Å². The summed E-state index contributed by atoms with van der Waals surface area (Å²) in [4.78, 5) is 25.7. The van der Waals surface area contributed by atoms with Gasteiger partial charge in [-0.25, -0.2) is 0 Å². The Kier molecular flexibility index (Phi) is 3.22. The molecule has 0 bridgehead atoms. The number of nitrogens with one attached hydrogen (secondary N) is 1. The first kappa shape index (κ1) is 13.4. The first-order chi connectivity index (χ1) is 10.1. The van der Waals surface area contributed by atoms with Gasteiger partial charge in [-0.2, -0.15) is 0 Å². The Morgan fingerprint density at radius 1 is 0.905 bits per heavy atom. The van der Waals surface area contributed by atoms with Crippen LogP contribution in [0.4, 0.5) is 5.69 Å². The van der Waals surface area contributed by atoms with Crippen molar-refractivity contribution in [1.82, 2.24) is 4.90 Å². The van der Waals surface area contributed by atoms with Crippen LogP contribution in [0.2, 0.25) is 0 Å². The maximum atomic E-state index is 12.2. The summed E-state index contributed by atoms with van der Waals surface area (Å²) in [7, 11) is 0. The number of imide groups is 1. The summed E-state index contributed by atoms with van der Waals surface area (Å²) in [6.07, 6.45) is 0. The quantitative estimate of drug-likeness (QED) is 0.879. The molecule has 0 aliphatic carbocycles. The minimum Gasteiger partial charge on any atom is -0.367 e. The van der Waals surface area contributed by atoms with Crippen LogP contribution in [0.1, 0.15) is 31.8 Å². The van der Waals surface area contributed by atoms with Gasteiger partial charge in [0.15, 0.2) is 0 Å². The largest absolute Gasteiger partial charge is 0.367 e. The lowest BCUT2D eigenvalue weighted by atomic mass is 10.1. The van der Waals surface area contributed by atoms with Crippen molar-refractivity contribution in [3.8, 4) is 0 Å². The number of amides is 2. The number of nitrogens with zero attached hydrogens (tertiary/aromatic N) is 1. The molecular formula is C17H16N2O2. The van der Waals surface area contributed by atoms with E-state index in [0.29, 0.717) is 11.1 Å². The lowest BCUT2D eigenvalue weighted by molar-refractivity contribution is 0.0666. The Morgan fingerprint density at radius 3 is 2.10 bits per heavy atom. The predicted molar refractivity (Wildman–Crippen MR) is 81.3 cm³/mol. The molecule has 4 nitrogen and oxygen atoms in total. The Morgan fingerprint density at radius 2 is 1.52 bits per heavy atom. The molecule has 1 aliphatic heterocycles. The summed E-state index contributed by atoms with van der Waals surface area (Å²) in [5.74, 6) is -0.487. The van der Waals surface area contributed by atoms with E-state index in [1.165, 1.54) is 16.0 Å². The van der Waals surface area contributed by atoms with Crippen LogP contribution in [-0.2, 0) is 0 Å². The number of carbonyl (C=O) groups excluding carboxylic acids is 2. The molecule has 0 radical (unpaired) electrons. The molecule has 0 saturated heterocycles. The number of carbonyl (C=O) groups is 2. The normalized spacial score (nSPS) is 13.5. The Balaban J connectivity index is 1.76. The molecule has 21 heavy (non-hydrogen) atoms. The lowest BCUT2D eigenvalue weighted by Crippen LogP contribution is -2.34. The highest BCUT2D eigenvalue weighted by Gasteiger charge is 2.34. The van der Waals surface area contributed by atoms with Crippen molar-refractivity contribution < 1.29 is 9.59 Å². The molecule has 0 fully saturated rings. The molecule has 0 spiro atoms. The first-order valence-corrected chi connectivity index (χ1v) is 6.84. The van der Waals surface area contributed by atoms with E-state index < -0.39 is 0 Å². The number of aryl methyl sites for hydroxylation is 2. The molecule has 1 aliphatic rings. The van der Waals surface area contributed by atoms with E-state index in [0.717, 1.165) is 5.69 Å². The van der Waals surface area contributed by atoms with E-state index in [1.807, 2.05) is 32.0 Å². The second-order valence-corrected chi connectivity index (χ2v) is 5.22. The number of fused-ring (bicyclic) bond motifs is 1. The Bertz CT molecular complexity index is 702. The number of anilines is 1. The van der Waals surface area contributed by atoms with Gasteiger partial charge < -0.3 is 5.32 Å². The van der Waals surface area contributed by atoms with Crippen molar-refractivity contribution in [2.24, 2.45) is 0 Å². The zero-order valence-corrected chi connectivity index (χ0v) is 12.0. The van der Waals surface area contributed by atoms with E-state index in [4.69, 9.17) is 0 Å². The number of rotatable bonds is 3. The number of hydrogen-bond donors (Lipinski definition) is 1. The van der Waals surface area contributed by atoms with Crippen molar-refractivity contribution >= 4 is 17.5 Å². The van der Waals surface area contributed by atoms with Gasteiger partial charge in [-0.05, 0) is 49.2 Å². The fourth-order valence-electron chi connectivity index (χ4n) is 2.40. The zero-order chi connectivity index (χ0) is 15.0. The van der Waals surface area contributed by atoms with Crippen LogP contribution in [0.5, 0.6) is 0 Å². The van der Waals surface area contributed by atoms with Crippen LogP contribution < -0.4 is 5.32 Å². The van der Waals surface area contributed by atoms with Crippen molar-refractivity contribution in [3.63, 3.8) is 0 Å². The minimum absolute atomic E-state index is 0.175. The van der Waals surface area contributed by atoms with E-state index in [9.17, 15) is 9.59 Å². The van der Waals surface area contributed by atoms with Gasteiger partial charge in [-0.1, -0.05) is 18.2 Å². The fraction of sp³-hybridized carbons (Fsp3) is 0.176. The molecule has 2 aromatic rings. The molecule has 106 valence electrons. The number of benzene rings is 2. The second-order valence-electron chi connectivity index (χ2n) is 5.22. The number of hydrogen-bond acceptors (Lipinski definition) is 3. The second kappa shape index (κ2) is 5.05. The van der Waals surface area contributed by atoms with Crippen LogP contribution in [-0.4, -0.2) is 23.4 Å². The fourth-order valence-corrected chi connectivity index (χ4v) is 2.40. The van der Waals surface area contributed by atoms with E-state index in [1.54, 1.807) is 24.3 Å². The van der Waals surface area contributed by atoms with Crippen LogP contribution in [0.25, 0.3) is 0 Å². The molecule has 0 atom stereocenters. The van der Waals surface area contributed by atoms with Gasteiger partial charge in [0.1, 0.15) is 0 Å². The molecule has 0 aromatic heterocycles. The van der Waals surface area contributed by atoms with Gasteiger partial charge in [-0.3, -0.25) is 14.5 Å². The maximum Gasteiger partial charge on any atom is 0.263 e. The highest BCUT2D eigenvalue weighted by molar-refractivity contribution is 6.21. The van der Waals surface area contributed by atoms with Gasteiger partial charge in [0.05, 0.1) is 17.8 Å². The van der Waals surface area contributed by atoms with Gasteiger partial charge in [0.25, 0.3) is 11.8 Å². The van der Waals surface area contributed by atoms with E-state index in [-0.39, 0.29) is 18.5 Å². The third-order valence-electron chi connectivity index (χ3n) is 3.83. The summed E-state index contributed by atoms with van der Waals surface area (Å²) in [6.45, 7) is 4.25. The van der Waals surface area contributed by atoms with Crippen LogP contribution in [0.3, 0.4) is 0 Å². The Hall–Kier alpha value is -2.62. The van der Waals surface area contributed by atoms with E-state index in [2.05, 4.69) is 5.32 Å². The maximum absolute atomic E-state index is 12.2. The summed E-state index contributed by atoms with van der Waals surface area (Å²) in [5, 5.41) is 3.13. The zero-order valence-electron chi connectivity index (χ0n) is 12.0. The van der Waals surface area contributed by atoms with Crippen molar-refractivity contribution in [1.29, 1.82) is 0 Å². The van der Waals surface area contributed by atoms with Crippen molar-refractivity contribution in [2.75, 3.05) is 12.0 Å². The summed E-state index contributed by atoms with van der Waals surface area (Å²) in [5.41, 5.74) is 4.23. The van der Waals surface area contributed by atoms with Gasteiger partial charge in [0.2, 0.25) is 0 Å². The SMILES string of the molecule is Cc1ccc(NCN2C(=O)c3ccccc3C2=O)cc1C. The van der Waals surface area contributed by atoms with Gasteiger partial charge in [-0.15, -0.1) is 0 Å². The standard InChI is InChI=1S/C17H16N2O2/c1-11-7-8-13(9-12(11)2)18-10-19-16(20)14-5-3-4-6-15(14)17(19)21/h3-9,18H,10H2,1-2H3. The molecular weight excluding hydrogens is 264 g/mol. The summed E-state index contributed by atoms with van der Waals surface area (Å²) in [6, 6.07) is 12.9. The molecule has 1 heterocycles. The molecule has 3 rings (SSSR count). The smallest absolute Gasteiger partial charge is 0.263 e. The van der Waals surface area contributed by atoms with Gasteiger partial charge in [0, 0.05) is 5.69 Å². The van der Waals surface area contributed by atoms with Crippen LogP contribution >= 0.6 is 0 Å². The van der Waals surface area contributed by atoms with E-state index >= 15 is 0 Å². The minimum atomic E-state index is -0.244. The average Bonchev–Trinajstić information content (AvgIpc) is 2.73. The monoisotopic (exact) mass is 280 g/mol. The molecule has 0 unspecified atom stereocenters. The van der Waals surface area contributed by atoms with Crippen LogP contribution in [0, 0.1) is 13.8 Å². The molecule has 1 N–H and O–H groups in total. The first-order valence-electron chi connectivity index (χ1n) is 6.84. The van der Waals surface area contributed by atoms with Crippen molar-refractivity contribution in [2.45, 2.75) is 13.8 Å². The summed E-state index contributed by atoms with van der Waals surface area (Å²) < 4.78 is 0. The molecule has 0 saturated carbocycles. The predicted octanol–water partition coefficient (Wildman–Crippen LogP) is 2.97. The average molecular weight is 280 g/mol. The van der Waals surface area contributed by atoms with Crippen LogP contribution in [0.15, 0.2) is 42.5 Å². The molecule has 2 aromatic carbocycles. The van der Waals surface area contributed by atoms with Gasteiger partial charge >= 0.3 is 0 Å². The lowest BCUT2D eigenvalue weighted by Gasteiger charge is -2.16. The summed E-state index contributed by atoms with van der Waals surface area (Å²) >= 11 is 0. The highest BCUT2D eigenvalue weighted by atomic mass is 16.2. The topological polar surface area (TPSA) is 49.4 Å². The third-order valence-corrected chi connectivity index (χ3v) is 3.83. The van der Waals surface area contributed by atoms with Crippen molar-refractivity contribution in [3.05, 3.63) is 64.7 Å². The third kappa shape index (κ3) is 2.29.